The number of benzene rings is 3. The number of ether oxygens (including phenoxy) is 1. The van der Waals surface area contributed by atoms with Crippen LogP contribution in [0.2, 0.25) is 10.0 Å². The van der Waals surface area contributed by atoms with Gasteiger partial charge in [0.25, 0.3) is 0 Å². The first kappa shape index (κ1) is 28.8. The van der Waals surface area contributed by atoms with E-state index in [0.717, 1.165) is 50.3 Å². The molecule has 0 aromatic heterocycles. The topological polar surface area (TPSA) is 67.4 Å². The Bertz CT molecular complexity index is 1570. The Kier molecular flexibility index (Phi) is 7.38. The Morgan fingerprint density at radius 2 is 1.60 bits per heavy atom. The fourth-order valence-electron chi connectivity index (χ4n) is 6.82. The van der Waals surface area contributed by atoms with Gasteiger partial charge in [-0.2, -0.15) is 13.2 Å². The van der Waals surface area contributed by atoms with Crippen molar-refractivity contribution in [3.05, 3.63) is 92.7 Å². The SMILES string of the molecule is O=C1CC(c2cc(Cl)ccc2C(F)(F)F)C2(C(=O)Nc3cc(Cl)ccc32)C(c2cc(F)ccc2OC2CCCCC2)N1. The number of fused-ring (bicyclic) bond motifs is 2. The van der Waals surface area contributed by atoms with Crippen LogP contribution in [0.5, 0.6) is 5.75 Å². The van der Waals surface area contributed by atoms with Crippen molar-refractivity contribution >= 4 is 40.7 Å². The van der Waals surface area contributed by atoms with E-state index in [1.165, 1.54) is 30.3 Å². The van der Waals surface area contributed by atoms with Crippen LogP contribution in [-0.4, -0.2) is 17.9 Å². The number of carbonyl (C=O) groups excluding carboxylic acids is 2. The van der Waals surface area contributed by atoms with Gasteiger partial charge in [-0.3, -0.25) is 9.59 Å². The van der Waals surface area contributed by atoms with Crippen LogP contribution >= 0.6 is 23.2 Å². The first-order chi connectivity index (χ1) is 20.0. The van der Waals surface area contributed by atoms with Crippen molar-refractivity contribution in [1.29, 1.82) is 0 Å². The van der Waals surface area contributed by atoms with Crippen LogP contribution in [0.1, 0.15) is 72.7 Å². The molecule has 1 saturated carbocycles. The summed E-state index contributed by atoms with van der Waals surface area (Å²) in [7, 11) is 0. The van der Waals surface area contributed by atoms with Crippen LogP contribution < -0.4 is 15.4 Å². The van der Waals surface area contributed by atoms with Crippen LogP contribution in [-0.2, 0) is 21.2 Å². The van der Waals surface area contributed by atoms with Gasteiger partial charge >= 0.3 is 6.18 Å². The number of halogens is 6. The van der Waals surface area contributed by atoms with Crippen LogP contribution in [0, 0.1) is 5.82 Å². The predicted octanol–water partition coefficient (Wildman–Crippen LogP) is 8.10. The van der Waals surface area contributed by atoms with E-state index in [9.17, 15) is 27.2 Å². The molecule has 2 N–H and O–H groups in total. The van der Waals surface area contributed by atoms with Gasteiger partial charge in [0.1, 0.15) is 17.0 Å². The molecule has 2 aliphatic heterocycles. The largest absolute Gasteiger partial charge is 0.490 e. The van der Waals surface area contributed by atoms with Crippen LogP contribution in [0.25, 0.3) is 0 Å². The van der Waals surface area contributed by atoms with Gasteiger partial charge in [0.2, 0.25) is 11.8 Å². The van der Waals surface area contributed by atoms with Gasteiger partial charge in [0.05, 0.1) is 17.7 Å². The number of amides is 2. The highest BCUT2D eigenvalue weighted by Gasteiger charge is 2.62. The number of carbonyl (C=O) groups is 2. The van der Waals surface area contributed by atoms with Crippen LogP contribution in [0.3, 0.4) is 0 Å². The van der Waals surface area contributed by atoms with E-state index in [1.54, 1.807) is 6.07 Å². The van der Waals surface area contributed by atoms with Crippen molar-refractivity contribution in [3.63, 3.8) is 0 Å². The summed E-state index contributed by atoms with van der Waals surface area (Å²) in [5, 5.41) is 5.92. The molecule has 2 fully saturated rings. The van der Waals surface area contributed by atoms with Crippen molar-refractivity contribution in [2.24, 2.45) is 0 Å². The lowest BCUT2D eigenvalue weighted by atomic mass is 9.58. The lowest BCUT2D eigenvalue weighted by Gasteiger charge is -2.47. The highest BCUT2D eigenvalue weighted by molar-refractivity contribution is 6.31. The molecule has 3 unspecified atom stereocenters. The second-order valence-electron chi connectivity index (χ2n) is 11.1. The molecule has 2 amide bonds. The van der Waals surface area contributed by atoms with E-state index in [4.69, 9.17) is 27.9 Å². The molecule has 2 heterocycles. The molecule has 1 spiro atoms. The predicted molar refractivity (Wildman–Crippen MR) is 150 cm³/mol. The highest BCUT2D eigenvalue weighted by Crippen LogP contribution is 2.59. The Morgan fingerprint density at radius 3 is 2.33 bits per heavy atom. The second kappa shape index (κ2) is 10.8. The maximum absolute atomic E-state index is 14.9. The fourth-order valence-corrected chi connectivity index (χ4v) is 7.17. The van der Waals surface area contributed by atoms with Gasteiger partial charge in [-0.1, -0.05) is 35.7 Å². The smallest absolute Gasteiger partial charge is 0.416 e. The summed E-state index contributed by atoms with van der Waals surface area (Å²) in [6, 6.07) is 10.3. The molecule has 0 radical (unpaired) electrons. The fraction of sp³-hybridized carbons (Fsp3) is 0.355. The van der Waals surface area contributed by atoms with E-state index < -0.39 is 53.2 Å². The minimum Gasteiger partial charge on any atom is -0.490 e. The molecule has 3 aromatic rings. The van der Waals surface area contributed by atoms with Gasteiger partial charge < -0.3 is 15.4 Å². The number of piperidine rings is 1. The maximum atomic E-state index is 14.9. The number of rotatable bonds is 4. The maximum Gasteiger partial charge on any atom is 0.416 e. The summed E-state index contributed by atoms with van der Waals surface area (Å²) in [6.07, 6.45) is -0.887. The average molecular weight is 621 g/mol. The van der Waals surface area contributed by atoms with E-state index in [2.05, 4.69) is 10.6 Å². The normalized spacial score (nSPS) is 24.3. The van der Waals surface area contributed by atoms with Gasteiger partial charge in [0, 0.05) is 33.6 Å². The van der Waals surface area contributed by atoms with Crippen molar-refractivity contribution in [2.75, 3.05) is 5.32 Å². The lowest BCUT2D eigenvalue weighted by molar-refractivity contribution is -0.140. The monoisotopic (exact) mass is 620 g/mol. The quantitative estimate of drug-likeness (QED) is 0.290. The number of alkyl halides is 3. The molecule has 42 heavy (non-hydrogen) atoms. The Hall–Kier alpha value is -3.30. The molecule has 0 bridgehead atoms. The summed E-state index contributed by atoms with van der Waals surface area (Å²) in [5.41, 5.74) is -2.38. The minimum atomic E-state index is -4.81. The second-order valence-corrected chi connectivity index (χ2v) is 11.9. The first-order valence-electron chi connectivity index (χ1n) is 13.7. The number of anilines is 1. The zero-order chi connectivity index (χ0) is 29.8. The van der Waals surface area contributed by atoms with Crippen LogP contribution in [0.15, 0.2) is 54.6 Å². The van der Waals surface area contributed by atoms with E-state index in [-0.39, 0.29) is 28.0 Å². The van der Waals surface area contributed by atoms with E-state index >= 15 is 0 Å². The molecule has 3 atom stereocenters. The molecule has 3 aliphatic rings. The molecule has 11 heteroatoms. The molecule has 3 aromatic carbocycles. The van der Waals surface area contributed by atoms with Crippen molar-refractivity contribution in [1.82, 2.24) is 5.32 Å². The van der Waals surface area contributed by atoms with E-state index in [1.807, 2.05) is 0 Å². The molecule has 220 valence electrons. The summed E-state index contributed by atoms with van der Waals surface area (Å²) >= 11 is 12.5. The Balaban J connectivity index is 1.62. The number of hydrogen-bond acceptors (Lipinski definition) is 3. The van der Waals surface area contributed by atoms with Crippen molar-refractivity contribution in [3.8, 4) is 5.75 Å². The molecule has 5 nitrogen and oxygen atoms in total. The van der Waals surface area contributed by atoms with Crippen LogP contribution in [0.4, 0.5) is 23.2 Å². The Morgan fingerprint density at radius 1 is 0.881 bits per heavy atom. The molecular weight excluding hydrogens is 595 g/mol. The van der Waals surface area contributed by atoms with Crippen molar-refractivity contribution in [2.45, 2.75) is 68.2 Å². The summed E-state index contributed by atoms with van der Waals surface area (Å²) in [5.74, 6) is -2.99. The van der Waals surface area contributed by atoms with Crippen molar-refractivity contribution < 1.29 is 31.9 Å². The Labute approximate surface area is 249 Å². The zero-order valence-corrected chi connectivity index (χ0v) is 23.7. The third kappa shape index (κ3) is 4.90. The highest BCUT2D eigenvalue weighted by atomic mass is 35.5. The average Bonchev–Trinajstić information content (AvgIpc) is 3.21. The van der Waals surface area contributed by atoms with Gasteiger partial charge in [-0.25, -0.2) is 4.39 Å². The summed E-state index contributed by atoms with van der Waals surface area (Å²) < 4.78 is 64.5. The minimum absolute atomic E-state index is 0.0116. The standard InChI is InChI=1S/C31H26Cl2F4N2O3/c32-16-6-9-22(31(35,36)37)20(12-16)24-15-27(40)39-28(30(24)23-10-7-17(33)13-25(23)38-29(30)41)21-14-18(34)8-11-26(21)42-19-4-2-1-3-5-19/h6-14,19,24,28H,1-5,15H2,(H,38,41)(H,39,40). The third-order valence-electron chi connectivity index (χ3n) is 8.57. The van der Waals surface area contributed by atoms with E-state index in [0.29, 0.717) is 16.3 Å². The first-order valence-corrected chi connectivity index (χ1v) is 14.5. The summed E-state index contributed by atoms with van der Waals surface area (Å²) in [4.78, 5) is 27.6. The number of hydrogen-bond donors (Lipinski definition) is 2. The third-order valence-corrected chi connectivity index (χ3v) is 9.04. The zero-order valence-electron chi connectivity index (χ0n) is 22.2. The number of nitrogens with one attached hydrogen (secondary N) is 2. The van der Waals surface area contributed by atoms with Gasteiger partial charge in [-0.15, -0.1) is 0 Å². The molecule has 1 aliphatic carbocycles. The van der Waals surface area contributed by atoms with Gasteiger partial charge in [0.15, 0.2) is 0 Å². The molecule has 6 rings (SSSR count). The molecule has 1 saturated heterocycles. The summed E-state index contributed by atoms with van der Waals surface area (Å²) in [6.45, 7) is 0. The van der Waals surface area contributed by atoms with Gasteiger partial charge in [-0.05, 0) is 85.3 Å². The molecular formula is C31H26Cl2F4N2O3. The lowest BCUT2D eigenvalue weighted by Crippen LogP contribution is -2.57.